The van der Waals surface area contributed by atoms with E-state index in [9.17, 15) is 13.2 Å². The van der Waals surface area contributed by atoms with E-state index in [-0.39, 0.29) is 18.1 Å². The molecule has 0 radical (unpaired) electrons. The number of fused-ring (bicyclic) bond motifs is 3. The Morgan fingerprint density at radius 3 is 2.23 bits per heavy atom. The summed E-state index contributed by atoms with van der Waals surface area (Å²) in [5, 5.41) is 1.85. The molecule has 0 atom stereocenters. The van der Waals surface area contributed by atoms with Gasteiger partial charge in [-0.05, 0) is 84.0 Å². The lowest BCUT2D eigenvalue weighted by molar-refractivity contribution is -0.118. The first-order chi connectivity index (χ1) is 25.4. The first kappa shape index (κ1) is 33.5. The highest BCUT2D eigenvalue weighted by atomic mass is 32.2. The number of anilines is 1. The monoisotopic (exact) mass is 704 g/mol. The number of nitrogens with zero attached hydrogens (tertiary/aromatic N) is 3. The summed E-state index contributed by atoms with van der Waals surface area (Å²) in [7, 11) is -3.53. The van der Waals surface area contributed by atoms with Crippen molar-refractivity contribution in [2.24, 2.45) is 5.92 Å². The average Bonchev–Trinajstić information content (AvgIpc) is 3.56. The van der Waals surface area contributed by atoms with Gasteiger partial charge in [-0.2, -0.15) is 0 Å². The number of aromatic nitrogens is 3. The lowest BCUT2D eigenvalue weighted by atomic mass is 9.88. The van der Waals surface area contributed by atoms with E-state index >= 15 is 0 Å². The third-order valence-electron chi connectivity index (χ3n) is 10.2. The molecule has 260 valence electrons. The van der Waals surface area contributed by atoms with Gasteiger partial charge in [0.25, 0.3) is 0 Å². The number of amides is 1. The minimum absolute atomic E-state index is 0.0500. The molecule has 8 heteroatoms. The van der Waals surface area contributed by atoms with Crippen LogP contribution in [0, 0.1) is 5.92 Å². The molecule has 0 spiro atoms. The highest BCUT2D eigenvalue weighted by molar-refractivity contribution is 7.90. The van der Waals surface area contributed by atoms with E-state index in [2.05, 4.69) is 46.4 Å². The number of nitrogens with one attached hydrogen (secondary N) is 1. The van der Waals surface area contributed by atoms with Crippen molar-refractivity contribution in [3.63, 3.8) is 0 Å². The normalized spacial score (nSPS) is 13.8. The molecule has 3 aromatic heterocycles. The largest absolute Gasteiger partial charge is 0.339 e. The van der Waals surface area contributed by atoms with Gasteiger partial charge in [0.1, 0.15) is 5.65 Å². The first-order valence-electron chi connectivity index (χ1n) is 18.0. The smallest absolute Gasteiger partial charge is 0.233 e. The first-order valence-corrected chi connectivity index (χ1v) is 19.7. The summed E-state index contributed by atoms with van der Waals surface area (Å²) in [5.74, 6) is 0.423. The van der Waals surface area contributed by atoms with E-state index in [0.29, 0.717) is 22.9 Å². The molecular weight excluding hydrogens is 665 g/mol. The zero-order valence-electron chi connectivity index (χ0n) is 28.9. The summed E-state index contributed by atoms with van der Waals surface area (Å²) >= 11 is 0. The van der Waals surface area contributed by atoms with Gasteiger partial charge in [0, 0.05) is 57.7 Å². The minimum atomic E-state index is -3.53. The topological polar surface area (TPSA) is 96.0 Å². The molecular formula is C44H40N4O3S. The van der Waals surface area contributed by atoms with Crippen molar-refractivity contribution in [2.45, 2.75) is 49.2 Å². The van der Waals surface area contributed by atoms with Gasteiger partial charge in [0.05, 0.1) is 17.1 Å². The summed E-state index contributed by atoms with van der Waals surface area (Å²) in [6.07, 6.45) is 9.86. The Labute approximate surface area is 304 Å². The molecule has 0 unspecified atom stereocenters. The second-order valence-electron chi connectivity index (χ2n) is 13.8. The molecule has 8 rings (SSSR count). The molecule has 1 saturated carbocycles. The fraction of sp³-hybridized carbons (Fsp3) is 0.205. The van der Waals surface area contributed by atoms with Crippen LogP contribution in [0.1, 0.15) is 43.4 Å². The lowest BCUT2D eigenvalue weighted by Gasteiger charge is -2.30. The SMILES string of the molecule is O=C(Cc1ccccn1)N(CC1CCCCC1)c1ccc(-c2cnc3[nH]c4ccc(CS(=O)(=O)c5ccccc5)cc4c3c2-c2ccccc2)cc1. The molecule has 1 aliphatic carbocycles. The van der Waals surface area contributed by atoms with Crippen LogP contribution in [0.4, 0.5) is 5.69 Å². The maximum atomic E-state index is 13.9. The highest BCUT2D eigenvalue weighted by Crippen LogP contribution is 2.41. The van der Waals surface area contributed by atoms with Crippen molar-refractivity contribution >= 4 is 43.4 Å². The van der Waals surface area contributed by atoms with E-state index in [1.807, 2.05) is 71.8 Å². The van der Waals surface area contributed by atoms with E-state index in [4.69, 9.17) is 4.98 Å². The summed E-state index contributed by atoms with van der Waals surface area (Å²) in [6.45, 7) is 0.700. The molecule has 1 amide bonds. The maximum absolute atomic E-state index is 13.9. The van der Waals surface area contributed by atoms with Crippen LogP contribution in [-0.4, -0.2) is 35.8 Å². The average molecular weight is 705 g/mol. The van der Waals surface area contributed by atoms with Crippen LogP contribution in [0.15, 0.2) is 139 Å². The number of rotatable bonds is 10. The van der Waals surface area contributed by atoms with Crippen LogP contribution < -0.4 is 4.90 Å². The molecule has 52 heavy (non-hydrogen) atoms. The zero-order valence-corrected chi connectivity index (χ0v) is 29.7. The van der Waals surface area contributed by atoms with Gasteiger partial charge in [-0.25, -0.2) is 13.4 Å². The number of carbonyl (C=O) groups excluding carboxylic acids is 1. The molecule has 0 aliphatic heterocycles. The van der Waals surface area contributed by atoms with Gasteiger partial charge in [-0.1, -0.05) is 92.1 Å². The van der Waals surface area contributed by atoms with Gasteiger partial charge < -0.3 is 9.88 Å². The molecule has 3 heterocycles. The minimum Gasteiger partial charge on any atom is -0.339 e. The van der Waals surface area contributed by atoms with E-state index < -0.39 is 9.84 Å². The summed E-state index contributed by atoms with van der Waals surface area (Å²) < 4.78 is 26.7. The van der Waals surface area contributed by atoms with E-state index in [1.165, 1.54) is 19.3 Å². The number of aromatic amines is 1. The Balaban J connectivity index is 1.19. The summed E-state index contributed by atoms with van der Waals surface area (Å²) in [4.78, 5) is 28.9. The van der Waals surface area contributed by atoms with Gasteiger partial charge >= 0.3 is 0 Å². The Hall–Kier alpha value is -5.60. The third-order valence-corrected chi connectivity index (χ3v) is 11.9. The van der Waals surface area contributed by atoms with Crippen LogP contribution in [-0.2, 0) is 26.8 Å². The van der Waals surface area contributed by atoms with Crippen LogP contribution in [0.25, 0.3) is 44.2 Å². The maximum Gasteiger partial charge on any atom is 0.233 e. The fourth-order valence-electron chi connectivity index (χ4n) is 7.60. The third kappa shape index (κ3) is 6.99. The second-order valence-corrected chi connectivity index (χ2v) is 15.8. The van der Waals surface area contributed by atoms with Crippen LogP contribution in [0.3, 0.4) is 0 Å². The molecule has 7 nitrogen and oxygen atoms in total. The van der Waals surface area contributed by atoms with Crippen molar-refractivity contribution < 1.29 is 13.2 Å². The summed E-state index contributed by atoms with van der Waals surface area (Å²) in [5.41, 5.74) is 7.94. The van der Waals surface area contributed by atoms with Crippen LogP contribution >= 0.6 is 0 Å². The van der Waals surface area contributed by atoms with E-state index in [1.54, 1.807) is 30.5 Å². The van der Waals surface area contributed by atoms with Gasteiger partial charge in [-0.3, -0.25) is 9.78 Å². The number of benzene rings is 4. The van der Waals surface area contributed by atoms with Gasteiger partial charge in [-0.15, -0.1) is 0 Å². The Bertz CT molecular complexity index is 2440. The Kier molecular flexibility index (Phi) is 9.39. The highest BCUT2D eigenvalue weighted by Gasteiger charge is 2.24. The van der Waals surface area contributed by atoms with Crippen molar-refractivity contribution in [3.05, 3.63) is 145 Å². The van der Waals surface area contributed by atoms with Crippen LogP contribution in [0.5, 0.6) is 0 Å². The Morgan fingerprint density at radius 1 is 0.769 bits per heavy atom. The van der Waals surface area contributed by atoms with E-state index in [0.717, 1.165) is 68.4 Å². The predicted molar refractivity (Wildman–Crippen MR) is 209 cm³/mol. The summed E-state index contributed by atoms with van der Waals surface area (Å²) in [6, 6.07) is 38.6. The predicted octanol–water partition coefficient (Wildman–Crippen LogP) is 9.57. The van der Waals surface area contributed by atoms with Crippen molar-refractivity contribution in [1.82, 2.24) is 15.0 Å². The number of hydrogen-bond acceptors (Lipinski definition) is 5. The molecule has 1 aliphatic rings. The number of hydrogen-bond donors (Lipinski definition) is 1. The molecule has 7 aromatic rings. The van der Waals surface area contributed by atoms with Crippen molar-refractivity contribution in [3.8, 4) is 22.3 Å². The number of pyridine rings is 2. The van der Waals surface area contributed by atoms with Crippen molar-refractivity contribution in [2.75, 3.05) is 11.4 Å². The standard InChI is InChI=1S/C44H40N4O3S/c49-41(27-35-16-10-11-25-45-35)48(29-31-12-4-1-5-13-31)36-22-20-33(21-23-36)39-28-46-44-43(42(39)34-14-6-2-7-15-34)38-26-32(19-24-40(38)47-44)30-52(50,51)37-17-8-3-9-18-37/h2-3,6-11,14-26,28,31H,1,4-5,12-13,27,29-30H2,(H,46,47). The van der Waals surface area contributed by atoms with Gasteiger partial charge in [0.2, 0.25) is 5.91 Å². The number of H-pyrrole nitrogens is 1. The van der Waals surface area contributed by atoms with Crippen molar-refractivity contribution in [1.29, 1.82) is 0 Å². The molecule has 0 bridgehead atoms. The molecule has 4 aromatic carbocycles. The second kappa shape index (κ2) is 14.6. The fourth-order valence-corrected chi connectivity index (χ4v) is 8.96. The molecule has 0 saturated heterocycles. The molecule has 1 N–H and O–H groups in total. The van der Waals surface area contributed by atoms with Gasteiger partial charge in [0.15, 0.2) is 9.84 Å². The molecule has 1 fully saturated rings. The number of sulfone groups is 1. The Morgan fingerprint density at radius 2 is 1.50 bits per heavy atom. The quantitative estimate of drug-likeness (QED) is 0.153. The lowest BCUT2D eigenvalue weighted by Crippen LogP contribution is -2.37. The van der Waals surface area contributed by atoms with Crippen LogP contribution in [0.2, 0.25) is 0 Å². The zero-order chi connectivity index (χ0) is 35.5. The number of carbonyl (C=O) groups is 1.